The van der Waals surface area contributed by atoms with Crippen LogP contribution in [0.25, 0.3) is 11.1 Å². The summed E-state index contributed by atoms with van der Waals surface area (Å²) in [5.74, 6) is 0. The van der Waals surface area contributed by atoms with Crippen LogP contribution in [-0.4, -0.2) is 4.57 Å². The lowest BCUT2D eigenvalue weighted by Crippen LogP contribution is -2.19. The molecule has 30 heavy (non-hydrogen) atoms. The summed E-state index contributed by atoms with van der Waals surface area (Å²) in [6.45, 7) is 7.01. The van der Waals surface area contributed by atoms with Crippen molar-refractivity contribution in [3.05, 3.63) is 129 Å². The van der Waals surface area contributed by atoms with Gasteiger partial charge in [-0.25, -0.2) is 0 Å². The zero-order valence-corrected chi connectivity index (χ0v) is 17.9. The van der Waals surface area contributed by atoms with E-state index in [-0.39, 0.29) is 5.56 Å². The van der Waals surface area contributed by atoms with Crippen molar-refractivity contribution in [1.82, 2.24) is 4.57 Å². The van der Waals surface area contributed by atoms with Gasteiger partial charge in [-0.3, -0.25) is 4.79 Å². The highest BCUT2D eigenvalue weighted by Gasteiger charge is 2.09. The van der Waals surface area contributed by atoms with Gasteiger partial charge in [-0.05, 0) is 55.0 Å². The lowest BCUT2D eigenvalue weighted by Gasteiger charge is -2.14. The minimum absolute atomic E-state index is 0.0287. The van der Waals surface area contributed by atoms with E-state index in [9.17, 15) is 4.79 Å². The summed E-state index contributed by atoms with van der Waals surface area (Å²) in [6, 6.07) is 27.1. The molecule has 0 saturated carbocycles. The van der Waals surface area contributed by atoms with Crippen molar-refractivity contribution in [3.8, 4) is 11.1 Å². The molecule has 4 rings (SSSR count). The van der Waals surface area contributed by atoms with Crippen LogP contribution in [0.15, 0.2) is 89.9 Å². The maximum Gasteiger partial charge on any atom is 0.250 e. The molecular formula is C28H27NO. The monoisotopic (exact) mass is 393 g/mol. The third kappa shape index (κ3) is 4.60. The van der Waals surface area contributed by atoms with Crippen molar-refractivity contribution in [1.29, 1.82) is 0 Å². The second-order valence-corrected chi connectivity index (χ2v) is 8.20. The van der Waals surface area contributed by atoms with Gasteiger partial charge in [0.15, 0.2) is 0 Å². The average molecular weight is 394 g/mol. The Labute approximate surface area is 178 Å². The summed E-state index contributed by atoms with van der Waals surface area (Å²) in [5, 5.41) is 0. The highest BCUT2D eigenvalue weighted by Crippen LogP contribution is 2.28. The van der Waals surface area contributed by atoms with Crippen molar-refractivity contribution >= 4 is 0 Å². The summed E-state index contributed by atoms with van der Waals surface area (Å²) in [4.78, 5) is 12.4. The Hall–Kier alpha value is -3.39. The fraction of sp³-hybridized carbons (Fsp3) is 0.179. The number of pyridine rings is 1. The highest BCUT2D eigenvalue weighted by molar-refractivity contribution is 5.70. The number of aromatic nitrogens is 1. The molecule has 2 nitrogen and oxygen atoms in total. The van der Waals surface area contributed by atoms with Gasteiger partial charge in [0.25, 0.3) is 5.56 Å². The average Bonchev–Trinajstić information content (AvgIpc) is 2.72. The third-order valence-corrected chi connectivity index (χ3v) is 5.43. The third-order valence-electron chi connectivity index (χ3n) is 5.43. The molecule has 0 N–H and O–H groups in total. The molecule has 0 fully saturated rings. The predicted octanol–water partition coefficient (Wildman–Crippen LogP) is 6.08. The van der Waals surface area contributed by atoms with Crippen LogP contribution in [0.3, 0.4) is 0 Å². The van der Waals surface area contributed by atoms with E-state index in [1.54, 1.807) is 10.6 Å². The van der Waals surface area contributed by atoms with Crippen molar-refractivity contribution in [2.75, 3.05) is 0 Å². The van der Waals surface area contributed by atoms with Gasteiger partial charge in [-0.15, -0.1) is 0 Å². The summed E-state index contributed by atoms with van der Waals surface area (Å²) in [7, 11) is 0. The van der Waals surface area contributed by atoms with Crippen LogP contribution in [0.4, 0.5) is 0 Å². The summed E-state index contributed by atoms with van der Waals surface area (Å²) >= 11 is 0. The Morgan fingerprint density at radius 3 is 2.17 bits per heavy atom. The first-order valence-corrected chi connectivity index (χ1v) is 10.4. The van der Waals surface area contributed by atoms with Gasteiger partial charge >= 0.3 is 0 Å². The molecule has 0 aliphatic carbocycles. The predicted molar refractivity (Wildman–Crippen MR) is 125 cm³/mol. The molecule has 150 valence electrons. The van der Waals surface area contributed by atoms with Gasteiger partial charge < -0.3 is 4.57 Å². The largest absolute Gasteiger partial charge is 0.311 e. The Balaban J connectivity index is 1.70. The number of hydrogen-bond acceptors (Lipinski definition) is 1. The lowest BCUT2D eigenvalue weighted by atomic mass is 9.92. The zero-order valence-electron chi connectivity index (χ0n) is 17.9. The Morgan fingerprint density at radius 2 is 1.43 bits per heavy atom. The molecule has 0 saturated heterocycles. The van der Waals surface area contributed by atoms with E-state index in [1.807, 2.05) is 30.5 Å². The maximum atomic E-state index is 12.4. The van der Waals surface area contributed by atoms with Crippen LogP contribution in [0, 0.1) is 20.8 Å². The minimum Gasteiger partial charge on any atom is -0.311 e. The molecule has 0 amide bonds. The first-order valence-electron chi connectivity index (χ1n) is 10.4. The van der Waals surface area contributed by atoms with Crippen molar-refractivity contribution in [2.24, 2.45) is 0 Å². The van der Waals surface area contributed by atoms with Crippen molar-refractivity contribution in [3.63, 3.8) is 0 Å². The molecule has 0 spiro atoms. The van der Waals surface area contributed by atoms with Crippen molar-refractivity contribution < 1.29 is 0 Å². The van der Waals surface area contributed by atoms with E-state index < -0.39 is 0 Å². The number of rotatable bonds is 5. The summed E-state index contributed by atoms with van der Waals surface area (Å²) in [6.07, 6.45) is 2.79. The van der Waals surface area contributed by atoms with E-state index in [4.69, 9.17) is 0 Å². The maximum absolute atomic E-state index is 12.4. The van der Waals surface area contributed by atoms with E-state index in [0.29, 0.717) is 6.54 Å². The zero-order chi connectivity index (χ0) is 21.1. The number of benzene rings is 3. The van der Waals surface area contributed by atoms with E-state index in [2.05, 4.69) is 69.3 Å². The van der Waals surface area contributed by atoms with Crippen LogP contribution in [0.2, 0.25) is 0 Å². The van der Waals surface area contributed by atoms with Gasteiger partial charge in [-0.1, -0.05) is 89.5 Å². The molecule has 0 aliphatic heterocycles. The molecule has 0 radical (unpaired) electrons. The Morgan fingerprint density at radius 1 is 0.700 bits per heavy atom. The number of hydrogen-bond donors (Lipinski definition) is 0. The molecule has 0 unspecified atom stereocenters. The second kappa shape index (κ2) is 8.54. The molecule has 0 bridgehead atoms. The molecular weight excluding hydrogens is 366 g/mol. The standard InChI is InChI=1S/C28H27NO/c1-20-9-11-25(27(16-20)26-14-21(2)13-22(3)15-26)17-24-10-12-28(30)29(19-24)18-23-7-5-4-6-8-23/h4-16,19H,17-18H2,1-3H3. The fourth-order valence-electron chi connectivity index (χ4n) is 4.05. The first kappa shape index (κ1) is 19.9. The topological polar surface area (TPSA) is 22.0 Å². The SMILES string of the molecule is Cc1cc(C)cc(-c2cc(C)ccc2Cc2ccc(=O)n(Cc3ccccc3)c2)c1. The van der Waals surface area contributed by atoms with Crippen molar-refractivity contribution in [2.45, 2.75) is 33.7 Å². The summed E-state index contributed by atoms with van der Waals surface area (Å²) < 4.78 is 1.80. The summed E-state index contributed by atoms with van der Waals surface area (Å²) in [5.41, 5.74) is 9.88. The quantitative estimate of drug-likeness (QED) is 0.403. The minimum atomic E-state index is 0.0287. The van der Waals surface area contributed by atoms with Gasteiger partial charge in [0.2, 0.25) is 0 Å². The second-order valence-electron chi connectivity index (χ2n) is 8.20. The smallest absolute Gasteiger partial charge is 0.250 e. The molecule has 0 aliphatic rings. The molecule has 0 atom stereocenters. The van der Waals surface area contributed by atoms with E-state index in [1.165, 1.54) is 33.4 Å². The fourth-order valence-corrected chi connectivity index (χ4v) is 4.05. The molecule has 1 aromatic heterocycles. The molecule has 1 heterocycles. The number of nitrogens with zero attached hydrogens (tertiary/aromatic N) is 1. The van der Waals surface area contributed by atoms with Gasteiger partial charge in [-0.2, -0.15) is 0 Å². The van der Waals surface area contributed by atoms with Crippen LogP contribution in [-0.2, 0) is 13.0 Å². The Bertz CT molecular complexity index is 1210. The van der Waals surface area contributed by atoms with Gasteiger partial charge in [0, 0.05) is 12.3 Å². The molecule has 2 heteroatoms. The first-order chi connectivity index (χ1) is 14.5. The van der Waals surface area contributed by atoms with Gasteiger partial charge in [0.05, 0.1) is 6.54 Å². The normalized spacial score (nSPS) is 10.9. The van der Waals surface area contributed by atoms with E-state index >= 15 is 0 Å². The highest BCUT2D eigenvalue weighted by atomic mass is 16.1. The lowest BCUT2D eigenvalue weighted by molar-refractivity contribution is 0.751. The van der Waals surface area contributed by atoms with E-state index in [0.717, 1.165) is 17.5 Å². The molecule has 3 aromatic carbocycles. The van der Waals surface area contributed by atoms with Crippen LogP contribution < -0.4 is 5.56 Å². The number of aryl methyl sites for hydroxylation is 3. The van der Waals surface area contributed by atoms with Crippen LogP contribution in [0.1, 0.15) is 33.4 Å². The van der Waals surface area contributed by atoms with Gasteiger partial charge in [0.1, 0.15) is 0 Å². The Kier molecular flexibility index (Phi) is 5.67. The van der Waals surface area contributed by atoms with Crippen LogP contribution in [0.5, 0.6) is 0 Å². The molecule has 4 aromatic rings. The van der Waals surface area contributed by atoms with Crippen LogP contribution >= 0.6 is 0 Å².